The Kier molecular flexibility index (Phi) is 5.25. The molecule has 0 radical (unpaired) electrons. The second-order valence-corrected chi connectivity index (χ2v) is 4.36. The van der Waals surface area contributed by atoms with Crippen LogP contribution in [0.15, 0.2) is 72.7 Å². The van der Waals surface area contributed by atoms with E-state index in [0.717, 1.165) is 23.6 Å². The van der Waals surface area contributed by atoms with Crippen LogP contribution in [0.25, 0.3) is 0 Å². The molecule has 0 bridgehead atoms. The topological polar surface area (TPSA) is 12.5 Å². The van der Waals surface area contributed by atoms with E-state index in [0.29, 0.717) is 6.73 Å². The Morgan fingerprint density at radius 3 is 2.56 bits per heavy atom. The molecular formula is C16H21NO. The van der Waals surface area contributed by atoms with Crippen molar-refractivity contribution in [3.8, 4) is 0 Å². The van der Waals surface area contributed by atoms with Crippen molar-refractivity contribution < 1.29 is 4.74 Å². The summed E-state index contributed by atoms with van der Waals surface area (Å²) in [6.07, 6.45) is 9.63. The average Bonchev–Trinajstić information content (AvgIpc) is 2.33. The van der Waals surface area contributed by atoms with Crippen molar-refractivity contribution in [1.82, 2.24) is 4.90 Å². The quantitative estimate of drug-likeness (QED) is 0.693. The highest BCUT2D eigenvalue weighted by Crippen LogP contribution is 2.21. The normalized spacial score (nSPS) is 18.3. The molecule has 0 aromatic rings. The highest BCUT2D eigenvalue weighted by molar-refractivity contribution is 5.33. The van der Waals surface area contributed by atoms with Gasteiger partial charge >= 0.3 is 0 Å². The zero-order valence-electron chi connectivity index (χ0n) is 11.3. The molecule has 0 aromatic carbocycles. The fourth-order valence-corrected chi connectivity index (χ4v) is 1.60. The van der Waals surface area contributed by atoms with Crippen LogP contribution in [0, 0.1) is 0 Å². The van der Waals surface area contributed by atoms with Gasteiger partial charge in [-0.2, -0.15) is 0 Å². The van der Waals surface area contributed by atoms with Gasteiger partial charge in [0.15, 0.2) is 6.73 Å². The van der Waals surface area contributed by atoms with Crippen LogP contribution in [0.3, 0.4) is 0 Å². The molecule has 18 heavy (non-hydrogen) atoms. The third-order valence-electron chi connectivity index (χ3n) is 2.59. The molecule has 2 heteroatoms. The number of hydrogen-bond acceptors (Lipinski definition) is 2. The van der Waals surface area contributed by atoms with Gasteiger partial charge in [0.1, 0.15) is 5.76 Å². The van der Waals surface area contributed by atoms with E-state index in [-0.39, 0.29) is 0 Å². The summed E-state index contributed by atoms with van der Waals surface area (Å²) < 4.78 is 5.55. The number of allylic oxidation sites excluding steroid dienone is 6. The molecule has 0 spiro atoms. The molecule has 2 nitrogen and oxygen atoms in total. The van der Waals surface area contributed by atoms with Crippen LogP contribution in [0.5, 0.6) is 0 Å². The molecule has 0 unspecified atom stereocenters. The van der Waals surface area contributed by atoms with Gasteiger partial charge < -0.3 is 9.64 Å². The Labute approximate surface area is 110 Å². The van der Waals surface area contributed by atoms with Crippen molar-refractivity contribution in [2.75, 3.05) is 13.3 Å². The summed E-state index contributed by atoms with van der Waals surface area (Å²) in [6.45, 7) is 16.8. The minimum atomic E-state index is 0.502. The van der Waals surface area contributed by atoms with E-state index in [1.807, 2.05) is 18.2 Å². The summed E-state index contributed by atoms with van der Waals surface area (Å²) in [7, 11) is 0. The van der Waals surface area contributed by atoms with Crippen molar-refractivity contribution in [1.29, 1.82) is 0 Å². The van der Waals surface area contributed by atoms with Crippen molar-refractivity contribution >= 4 is 0 Å². The fraction of sp³-hybridized carbons (Fsp3) is 0.250. The Morgan fingerprint density at radius 1 is 1.28 bits per heavy atom. The van der Waals surface area contributed by atoms with Crippen molar-refractivity contribution in [2.24, 2.45) is 0 Å². The van der Waals surface area contributed by atoms with Gasteiger partial charge in [0.2, 0.25) is 0 Å². The minimum Gasteiger partial charge on any atom is -0.473 e. The summed E-state index contributed by atoms with van der Waals surface area (Å²) in [5.74, 6) is 0.719. The molecule has 0 amide bonds. The van der Waals surface area contributed by atoms with E-state index >= 15 is 0 Å². The Bertz CT molecular complexity index is 434. The van der Waals surface area contributed by atoms with E-state index in [9.17, 15) is 0 Å². The monoisotopic (exact) mass is 243 g/mol. The van der Waals surface area contributed by atoms with Crippen molar-refractivity contribution in [2.45, 2.75) is 13.8 Å². The number of nitrogens with zero attached hydrogens (tertiary/aromatic N) is 1. The van der Waals surface area contributed by atoms with E-state index in [2.05, 4.69) is 44.6 Å². The average molecular weight is 243 g/mol. The Hall–Kier alpha value is -1.96. The molecule has 1 fully saturated rings. The third-order valence-corrected chi connectivity index (χ3v) is 2.59. The first kappa shape index (κ1) is 14.1. The van der Waals surface area contributed by atoms with Crippen LogP contribution >= 0.6 is 0 Å². The van der Waals surface area contributed by atoms with E-state index < -0.39 is 0 Å². The summed E-state index contributed by atoms with van der Waals surface area (Å²) in [5.41, 5.74) is 3.33. The SMILES string of the molecule is C=C/C=C1/CN(/C(C=C)=C/C=C(C)C)COC1=C. The van der Waals surface area contributed by atoms with Gasteiger partial charge in [-0.25, -0.2) is 0 Å². The summed E-state index contributed by atoms with van der Waals surface area (Å²) in [4.78, 5) is 2.11. The lowest BCUT2D eigenvalue weighted by molar-refractivity contribution is 0.0851. The Balaban J connectivity index is 2.89. The van der Waals surface area contributed by atoms with Gasteiger partial charge in [-0.05, 0) is 26.0 Å². The van der Waals surface area contributed by atoms with Gasteiger partial charge in [0.05, 0.1) is 0 Å². The predicted molar refractivity (Wildman–Crippen MR) is 77.8 cm³/mol. The van der Waals surface area contributed by atoms with Crippen LogP contribution in [-0.2, 0) is 4.74 Å². The molecule has 1 saturated heterocycles. The summed E-state index contributed by atoms with van der Waals surface area (Å²) >= 11 is 0. The summed E-state index contributed by atoms with van der Waals surface area (Å²) in [6, 6.07) is 0. The van der Waals surface area contributed by atoms with Crippen LogP contribution in [0.2, 0.25) is 0 Å². The summed E-state index contributed by atoms with van der Waals surface area (Å²) in [5, 5.41) is 0. The fourth-order valence-electron chi connectivity index (χ4n) is 1.60. The van der Waals surface area contributed by atoms with Crippen molar-refractivity contribution in [3.63, 3.8) is 0 Å². The first-order chi connectivity index (χ1) is 8.58. The zero-order valence-corrected chi connectivity index (χ0v) is 11.3. The lowest BCUT2D eigenvalue weighted by Gasteiger charge is -2.32. The number of ether oxygens (including phenoxy) is 1. The van der Waals surface area contributed by atoms with E-state index in [1.165, 1.54) is 5.57 Å². The van der Waals surface area contributed by atoms with Gasteiger partial charge in [0, 0.05) is 17.8 Å². The first-order valence-corrected chi connectivity index (χ1v) is 5.94. The van der Waals surface area contributed by atoms with Crippen LogP contribution in [0.4, 0.5) is 0 Å². The second kappa shape index (κ2) is 6.70. The smallest absolute Gasteiger partial charge is 0.161 e. The van der Waals surface area contributed by atoms with Crippen LogP contribution in [0.1, 0.15) is 13.8 Å². The van der Waals surface area contributed by atoms with E-state index in [4.69, 9.17) is 4.74 Å². The molecular weight excluding hydrogens is 222 g/mol. The molecule has 1 aliphatic heterocycles. The van der Waals surface area contributed by atoms with Gasteiger partial charge in [-0.3, -0.25) is 0 Å². The zero-order chi connectivity index (χ0) is 13.5. The maximum atomic E-state index is 5.55. The third kappa shape index (κ3) is 3.81. The molecule has 0 aromatic heterocycles. The molecule has 1 heterocycles. The molecule has 1 aliphatic rings. The minimum absolute atomic E-state index is 0.502. The number of rotatable bonds is 4. The molecule has 0 atom stereocenters. The highest BCUT2D eigenvalue weighted by atomic mass is 16.5. The van der Waals surface area contributed by atoms with Gasteiger partial charge in [-0.15, -0.1) is 0 Å². The molecule has 96 valence electrons. The Morgan fingerprint density at radius 2 is 2.00 bits per heavy atom. The molecule has 1 rings (SSSR count). The number of hydrogen-bond donors (Lipinski definition) is 0. The molecule has 0 aliphatic carbocycles. The van der Waals surface area contributed by atoms with Crippen LogP contribution in [-0.4, -0.2) is 18.2 Å². The lowest BCUT2D eigenvalue weighted by atomic mass is 10.1. The van der Waals surface area contributed by atoms with Crippen LogP contribution < -0.4 is 0 Å². The van der Waals surface area contributed by atoms with Gasteiger partial charge in [0.25, 0.3) is 0 Å². The van der Waals surface area contributed by atoms with E-state index in [1.54, 1.807) is 6.08 Å². The molecule has 0 saturated carbocycles. The highest BCUT2D eigenvalue weighted by Gasteiger charge is 2.18. The maximum Gasteiger partial charge on any atom is 0.161 e. The largest absolute Gasteiger partial charge is 0.473 e. The van der Waals surface area contributed by atoms with Gasteiger partial charge in [-0.1, -0.05) is 43.5 Å². The predicted octanol–water partition coefficient (Wildman–Crippen LogP) is 3.94. The lowest BCUT2D eigenvalue weighted by Crippen LogP contribution is -2.32. The second-order valence-electron chi connectivity index (χ2n) is 4.36. The first-order valence-electron chi connectivity index (χ1n) is 5.94. The molecule has 0 N–H and O–H groups in total. The van der Waals surface area contributed by atoms with Crippen molar-refractivity contribution in [3.05, 3.63) is 72.7 Å². The standard InChI is InChI=1S/C16H21NO/c1-6-8-15-11-17(12-18-14(15)5)16(7-2)10-9-13(3)4/h6-10H,1-2,5,11-12H2,3-4H3/b15-8-,16-10+. The maximum absolute atomic E-state index is 5.55.